The fraction of sp³-hybridized carbons (Fsp3) is 0.571. The SMILES string of the molecule is CC1CC(C)CN(c2ccc3c(c2)Sc2cc(C(F)(F)F)cc(NC4CCN(CCN)CC4)c2C3)C1.Cl.Cl.Cl. The molecule has 0 bridgehead atoms. The van der Waals surface area contributed by atoms with Crippen molar-refractivity contribution < 1.29 is 13.2 Å². The lowest BCUT2D eigenvalue weighted by atomic mass is 9.91. The van der Waals surface area contributed by atoms with Crippen LogP contribution in [0.2, 0.25) is 0 Å². The summed E-state index contributed by atoms with van der Waals surface area (Å²) in [4.78, 5) is 6.56. The molecule has 0 aromatic heterocycles. The summed E-state index contributed by atoms with van der Waals surface area (Å²) < 4.78 is 41.6. The Morgan fingerprint density at radius 1 is 0.974 bits per heavy atom. The van der Waals surface area contributed by atoms with Crippen LogP contribution < -0.4 is 16.0 Å². The molecule has 220 valence electrons. The van der Waals surface area contributed by atoms with Gasteiger partial charge in [-0.2, -0.15) is 13.2 Å². The van der Waals surface area contributed by atoms with Gasteiger partial charge in [0.25, 0.3) is 0 Å². The Bertz CT molecular complexity index is 1090. The quantitative estimate of drug-likeness (QED) is 0.310. The fourth-order valence-corrected chi connectivity index (χ4v) is 7.26. The number of fused-ring (bicyclic) bond motifs is 2. The van der Waals surface area contributed by atoms with Gasteiger partial charge < -0.3 is 20.9 Å². The molecular formula is C28H40Cl3F3N4S. The van der Waals surface area contributed by atoms with Crippen molar-refractivity contribution in [3.05, 3.63) is 47.0 Å². The molecule has 2 aromatic rings. The van der Waals surface area contributed by atoms with E-state index >= 15 is 0 Å². The Morgan fingerprint density at radius 3 is 2.26 bits per heavy atom. The summed E-state index contributed by atoms with van der Waals surface area (Å²) in [6.07, 6.45) is -0.670. The average molecular weight is 628 g/mol. The Kier molecular flexibility index (Phi) is 12.5. The first-order valence-electron chi connectivity index (χ1n) is 13.2. The van der Waals surface area contributed by atoms with Crippen molar-refractivity contribution in [1.82, 2.24) is 4.90 Å². The minimum atomic E-state index is -4.38. The van der Waals surface area contributed by atoms with Gasteiger partial charge in [0.05, 0.1) is 5.56 Å². The summed E-state index contributed by atoms with van der Waals surface area (Å²) in [5, 5.41) is 3.51. The Balaban J connectivity index is 0.00000178. The number of nitrogens with two attached hydrogens (primary N) is 1. The normalized spacial score (nSPS) is 21.5. The molecule has 2 saturated heterocycles. The zero-order valence-corrected chi connectivity index (χ0v) is 25.7. The smallest absolute Gasteiger partial charge is 0.382 e. The molecule has 39 heavy (non-hydrogen) atoms. The highest BCUT2D eigenvalue weighted by Crippen LogP contribution is 2.47. The van der Waals surface area contributed by atoms with Gasteiger partial charge in [-0.05, 0) is 66.5 Å². The molecule has 2 atom stereocenters. The van der Waals surface area contributed by atoms with E-state index in [2.05, 4.69) is 47.2 Å². The van der Waals surface area contributed by atoms with Crippen molar-refractivity contribution in [1.29, 1.82) is 0 Å². The first kappa shape index (κ1) is 34.2. The average Bonchev–Trinajstić information content (AvgIpc) is 2.82. The lowest BCUT2D eigenvalue weighted by molar-refractivity contribution is -0.137. The van der Waals surface area contributed by atoms with Crippen molar-refractivity contribution in [3.63, 3.8) is 0 Å². The van der Waals surface area contributed by atoms with Crippen LogP contribution >= 0.6 is 49.0 Å². The van der Waals surface area contributed by atoms with Crippen LogP contribution in [0.3, 0.4) is 0 Å². The number of nitrogens with zero attached hydrogens (tertiary/aromatic N) is 2. The lowest BCUT2D eigenvalue weighted by Gasteiger charge is -2.37. The van der Waals surface area contributed by atoms with Crippen molar-refractivity contribution in [2.75, 3.05) is 49.5 Å². The van der Waals surface area contributed by atoms with Gasteiger partial charge in [-0.15, -0.1) is 37.2 Å². The summed E-state index contributed by atoms with van der Waals surface area (Å²) in [7, 11) is 0. The number of hydrogen-bond acceptors (Lipinski definition) is 5. The maximum absolute atomic E-state index is 13.9. The van der Waals surface area contributed by atoms with Gasteiger partial charge >= 0.3 is 6.18 Å². The number of hydrogen-bond donors (Lipinski definition) is 2. The Hall–Kier alpha value is -1.03. The molecule has 2 fully saturated rings. The van der Waals surface area contributed by atoms with Crippen molar-refractivity contribution >= 4 is 60.4 Å². The molecule has 5 rings (SSSR count). The van der Waals surface area contributed by atoms with E-state index in [1.54, 1.807) is 0 Å². The van der Waals surface area contributed by atoms with Crippen LogP contribution in [0.4, 0.5) is 24.5 Å². The topological polar surface area (TPSA) is 44.5 Å². The highest BCUT2D eigenvalue weighted by molar-refractivity contribution is 7.99. The van der Waals surface area contributed by atoms with Crippen molar-refractivity contribution in [2.45, 2.75) is 61.5 Å². The van der Waals surface area contributed by atoms with Gasteiger partial charge in [-0.3, -0.25) is 0 Å². The molecule has 2 unspecified atom stereocenters. The highest BCUT2D eigenvalue weighted by Gasteiger charge is 2.34. The van der Waals surface area contributed by atoms with Gasteiger partial charge in [-0.1, -0.05) is 31.7 Å². The molecule has 4 nitrogen and oxygen atoms in total. The van der Waals surface area contributed by atoms with E-state index in [1.807, 2.05) is 0 Å². The van der Waals surface area contributed by atoms with Crippen LogP contribution in [-0.4, -0.2) is 50.2 Å². The molecule has 2 aromatic carbocycles. The molecule has 3 N–H and O–H groups in total. The van der Waals surface area contributed by atoms with Gasteiger partial charge in [-0.25, -0.2) is 0 Å². The van der Waals surface area contributed by atoms with Gasteiger partial charge in [0, 0.05) is 72.9 Å². The van der Waals surface area contributed by atoms with E-state index < -0.39 is 11.7 Å². The third kappa shape index (κ3) is 8.04. The predicted molar refractivity (Wildman–Crippen MR) is 164 cm³/mol. The standard InChI is InChI=1S/C28H37F3N4S.3ClH/c1-18-11-19(2)17-35(16-18)23-4-3-20-12-24-25(33-22-5-8-34(9-6-22)10-7-32)13-21(28(29,30)31)14-27(24)36-26(20)15-23;;;/h3-4,13-15,18-19,22,33H,5-12,16-17,32H2,1-2H3;3*1H. The monoisotopic (exact) mass is 626 g/mol. The summed E-state index contributed by atoms with van der Waals surface area (Å²) >= 11 is 1.49. The maximum Gasteiger partial charge on any atom is 0.416 e. The first-order chi connectivity index (χ1) is 17.2. The lowest BCUT2D eigenvalue weighted by Crippen LogP contribution is -2.41. The third-order valence-electron chi connectivity index (χ3n) is 7.80. The molecular weight excluding hydrogens is 588 g/mol. The van der Waals surface area contributed by atoms with Gasteiger partial charge in [0.1, 0.15) is 0 Å². The first-order valence-corrected chi connectivity index (χ1v) is 14.0. The second-order valence-electron chi connectivity index (χ2n) is 11.0. The molecule has 3 aliphatic rings. The number of anilines is 2. The number of nitrogens with one attached hydrogen (secondary N) is 1. The zero-order chi connectivity index (χ0) is 25.4. The molecule has 0 amide bonds. The van der Waals surface area contributed by atoms with Crippen molar-refractivity contribution in [3.8, 4) is 0 Å². The molecule has 0 radical (unpaired) electrons. The fourth-order valence-electron chi connectivity index (χ4n) is 6.08. The second-order valence-corrected chi connectivity index (χ2v) is 12.1. The van der Waals surface area contributed by atoms with Crippen LogP contribution in [0, 0.1) is 11.8 Å². The molecule has 0 aliphatic carbocycles. The van der Waals surface area contributed by atoms with Crippen LogP contribution in [0.25, 0.3) is 0 Å². The van der Waals surface area contributed by atoms with Gasteiger partial charge in [0.15, 0.2) is 0 Å². The Labute approximate surface area is 253 Å². The van der Waals surface area contributed by atoms with Crippen LogP contribution in [0.15, 0.2) is 40.1 Å². The molecule has 11 heteroatoms. The zero-order valence-electron chi connectivity index (χ0n) is 22.4. The van der Waals surface area contributed by atoms with E-state index in [1.165, 1.54) is 41.6 Å². The Morgan fingerprint density at radius 2 is 1.64 bits per heavy atom. The number of likely N-dealkylation sites (tertiary alicyclic amines) is 1. The van der Waals surface area contributed by atoms with Gasteiger partial charge in [0.2, 0.25) is 0 Å². The highest BCUT2D eigenvalue weighted by atomic mass is 35.5. The molecule has 0 saturated carbocycles. The predicted octanol–water partition coefficient (Wildman–Crippen LogP) is 7.34. The number of halogens is 6. The van der Waals surface area contributed by atoms with E-state index in [9.17, 15) is 13.2 Å². The van der Waals surface area contributed by atoms with Crippen molar-refractivity contribution in [2.24, 2.45) is 17.6 Å². The summed E-state index contributed by atoms with van der Waals surface area (Å²) in [5.41, 5.74) is 9.10. The van der Waals surface area contributed by atoms with Crippen LogP contribution in [-0.2, 0) is 12.6 Å². The van der Waals surface area contributed by atoms with E-state index in [0.717, 1.165) is 60.9 Å². The number of benzene rings is 2. The molecule has 3 heterocycles. The van der Waals surface area contributed by atoms with E-state index in [-0.39, 0.29) is 43.3 Å². The minimum absolute atomic E-state index is 0. The third-order valence-corrected chi connectivity index (χ3v) is 8.98. The van der Waals surface area contributed by atoms with E-state index in [4.69, 9.17) is 5.73 Å². The minimum Gasteiger partial charge on any atom is -0.382 e. The summed E-state index contributed by atoms with van der Waals surface area (Å²) in [6, 6.07) is 9.39. The van der Waals surface area contributed by atoms with Crippen LogP contribution in [0.5, 0.6) is 0 Å². The molecule has 3 aliphatic heterocycles. The number of alkyl halides is 3. The number of piperidine rings is 2. The largest absolute Gasteiger partial charge is 0.416 e. The summed E-state index contributed by atoms with van der Waals surface area (Å²) in [5.74, 6) is 1.28. The van der Waals surface area contributed by atoms with Crippen LogP contribution in [0.1, 0.15) is 49.8 Å². The second kappa shape index (κ2) is 14.2. The summed E-state index contributed by atoms with van der Waals surface area (Å²) in [6.45, 7) is 9.99. The van der Waals surface area contributed by atoms with E-state index in [0.29, 0.717) is 30.5 Å². The number of rotatable bonds is 5. The molecule has 0 spiro atoms. The maximum atomic E-state index is 13.9.